The predicted octanol–water partition coefficient (Wildman–Crippen LogP) is 5.46. The normalized spacial score (nSPS) is 12.2. The number of hydrogen-bond acceptors (Lipinski definition) is 3. The summed E-state index contributed by atoms with van der Waals surface area (Å²) in [5, 5.41) is 0. The summed E-state index contributed by atoms with van der Waals surface area (Å²) in [7, 11) is -1.67. The lowest BCUT2D eigenvalue weighted by Gasteiger charge is -2.19. The molecule has 0 spiro atoms. The Kier molecular flexibility index (Phi) is 5.82. The van der Waals surface area contributed by atoms with Crippen molar-refractivity contribution >= 4 is 26.7 Å². The van der Waals surface area contributed by atoms with Crippen LogP contribution in [0.5, 0.6) is 0 Å². The summed E-state index contributed by atoms with van der Waals surface area (Å²) < 4.78 is 30.9. The van der Waals surface area contributed by atoms with Crippen LogP contribution in [-0.2, 0) is 35.3 Å². The van der Waals surface area contributed by atoms with E-state index in [-0.39, 0.29) is 10.3 Å². The Labute approximate surface area is 190 Å². The highest BCUT2D eigenvalue weighted by Gasteiger charge is 2.19. The van der Waals surface area contributed by atoms with Crippen molar-refractivity contribution in [1.29, 1.82) is 0 Å². The fraction of sp³-hybridized carbons (Fsp3) is 0.269. The SMILES string of the molecule is Cn1c(CCc2ccccc2NS(=O)(=O)c2ccc(C(C)(C)C)cc2)nc2ccccc21. The van der Waals surface area contributed by atoms with Crippen molar-refractivity contribution in [3.05, 3.63) is 89.7 Å². The van der Waals surface area contributed by atoms with Crippen LogP contribution in [0.25, 0.3) is 11.0 Å². The van der Waals surface area contributed by atoms with Gasteiger partial charge in [-0.25, -0.2) is 13.4 Å². The van der Waals surface area contributed by atoms with E-state index in [1.807, 2.05) is 61.6 Å². The quantitative estimate of drug-likeness (QED) is 0.427. The van der Waals surface area contributed by atoms with Gasteiger partial charge in [0.25, 0.3) is 10.0 Å². The molecule has 3 aromatic carbocycles. The molecule has 4 rings (SSSR count). The molecule has 0 fully saturated rings. The van der Waals surface area contributed by atoms with E-state index in [2.05, 4.69) is 36.1 Å². The Morgan fingerprint density at radius 1 is 0.875 bits per heavy atom. The van der Waals surface area contributed by atoms with Gasteiger partial charge in [-0.2, -0.15) is 0 Å². The Morgan fingerprint density at radius 3 is 2.22 bits per heavy atom. The molecular weight excluding hydrogens is 418 g/mol. The molecule has 1 aromatic heterocycles. The maximum Gasteiger partial charge on any atom is 0.261 e. The van der Waals surface area contributed by atoms with E-state index in [0.29, 0.717) is 18.5 Å². The van der Waals surface area contributed by atoms with E-state index in [4.69, 9.17) is 4.98 Å². The first kappa shape index (κ1) is 22.1. The van der Waals surface area contributed by atoms with Crippen molar-refractivity contribution < 1.29 is 8.42 Å². The van der Waals surface area contributed by atoms with Gasteiger partial charge in [-0.15, -0.1) is 0 Å². The molecule has 0 aliphatic carbocycles. The summed E-state index contributed by atoms with van der Waals surface area (Å²) in [6, 6.07) is 22.7. The molecule has 0 bridgehead atoms. The van der Waals surface area contributed by atoms with E-state index in [0.717, 1.165) is 28.0 Å². The van der Waals surface area contributed by atoms with Gasteiger partial charge in [0.1, 0.15) is 5.82 Å². The molecule has 0 saturated heterocycles. The van der Waals surface area contributed by atoms with Gasteiger partial charge in [-0.05, 0) is 53.3 Å². The number of rotatable bonds is 6. The van der Waals surface area contributed by atoms with Crippen molar-refractivity contribution in [2.75, 3.05) is 4.72 Å². The molecule has 4 aromatic rings. The monoisotopic (exact) mass is 447 g/mol. The van der Waals surface area contributed by atoms with Gasteiger partial charge in [0.15, 0.2) is 0 Å². The number of aromatic nitrogens is 2. The van der Waals surface area contributed by atoms with Crippen molar-refractivity contribution in [2.45, 2.75) is 43.9 Å². The summed E-state index contributed by atoms with van der Waals surface area (Å²) in [4.78, 5) is 4.99. The number of nitrogens with zero attached hydrogens (tertiary/aromatic N) is 2. The first-order valence-electron chi connectivity index (χ1n) is 10.8. The predicted molar refractivity (Wildman–Crippen MR) is 131 cm³/mol. The minimum Gasteiger partial charge on any atom is -0.331 e. The molecule has 0 radical (unpaired) electrons. The Hall–Kier alpha value is -3.12. The molecule has 1 N–H and O–H groups in total. The summed E-state index contributed by atoms with van der Waals surface area (Å²) in [5.41, 5.74) is 4.67. The molecular formula is C26H29N3O2S. The highest BCUT2D eigenvalue weighted by Crippen LogP contribution is 2.26. The van der Waals surface area contributed by atoms with E-state index >= 15 is 0 Å². The Bertz CT molecular complexity index is 1350. The van der Waals surface area contributed by atoms with Gasteiger partial charge >= 0.3 is 0 Å². The smallest absolute Gasteiger partial charge is 0.261 e. The zero-order valence-electron chi connectivity index (χ0n) is 19.0. The van der Waals surface area contributed by atoms with Crippen LogP contribution in [0.15, 0.2) is 77.7 Å². The maximum atomic E-state index is 13.0. The molecule has 166 valence electrons. The highest BCUT2D eigenvalue weighted by atomic mass is 32.2. The fourth-order valence-electron chi connectivity index (χ4n) is 3.84. The van der Waals surface area contributed by atoms with Crippen molar-refractivity contribution in [3.63, 3.8) is 0 Å². The van der Waals surface area contributed by atoms with Crippen molar-refractivity contribution in [3.8, 4) is 0 Å². The Balaban J connectivity index is 1.54. The van der Waals surface area contributed by atoms with Crippen LogP contribution in [0.2, 0.25) is 0 Å². The average molecular weight is 448 g/mol. The number of anilines is 1. The molecule has 1 heterocycles. The molecule has 5 nitrogen and oxygen atoms in total. The van der Waals surface area contributed by atoms with E-state index in [1.165, 1.54) is 0 Å². The number of nitrogens with one attached hydrogen (secondary N) is 1. The lowest BCUT2D eigenvalue weighted by molar-refractivity contribution is 0.587. The number of sulfonamides is 1. The number of para-hydroxylation sites is 3. The molecule has 0 amide bonds. The second kappa shape index (κ2) is 8.43. The summed E-state index contributed by atoms with van der Waals surface area (Å²) in [6.07, 6.45) is 1.39. The van der Waals surface area contributed by atoms with Gasteiger partial charge in [0.05, 0.1) is 21.6 Å². The first-order valence-corrected chi connectivity index (χ1v) is 12.2. The minimum atomic E-state index is -3.68. The van der Waals surface area contributed by atoms with Crippen LogP contribution in [0.1, 0.15) is 37.7 Å². The van der Waals surface area contributed by atoms with Crippen LogP contribution >= 0.6 is 0 Å². The Morgan fingerprint density at radius 2 is 1.53 bits per heavy atom. The third-order valence-corrected chi connectivity index (χ3v) is 7.17. The summed E-state index contributed by atoms with van der Waals surface area (Å²) >= 11 is 0. The number of benzene rings is 3. The lowest BCUT2D eigenvalue weighted by atomic mass is 9.87. The number of aryl methyl sites for hydroxylation is 3. The van der Waals surface area contributed by atoms with Crippen molar-refractivity contribution in [2.24, 2.45) is 7.05 Å². The molecule has 32 heavy (non-hydrogen) atoms. The lowest BCUT2D eigenvalue weighted by Crippen LogP contribution is -2.16. The van der Waals surface area contributed by atoms with Gasteiger partial charge in [-0.3, -0.25) is 4.72 Å². The van der Waals surface area contributed by atoms with E-state index in [1.54, 1.807) is 12.1 Å². The van der Waals surface area contributed by atoms with Crippen LogP contribution in [-0.4, -0.2) is 18.0 Å². The van der Waals surface area contributed by atoms with Crippen molar-refractivity contribution in [1.82, 2.24) is 9.55 Å². The molecule has 0 aliphatic heterocycles. The standard InChI is InChI=1S/C26H29N3O2S/c1-26(2,3)20-14-16-21(17-15-20)32(30,31)28-22-10-6-5-9-19(22)13-18-25-27-23-11-7-8-12-24(23)29(25)4/h5-12,14-17,28H,13,18H2,1-4H3. The second-order valence-corrected chi connectivity index (χ2v) is 10.8. The molecule has 0 saturated carbocycles. The van der Waals surface area contributed by atoms with Gasteiger partial charge in [0, 0.05) is 13.5 Å². The highest BCUT2D eigenvalue weighted by molar-refractivity contribution is 7.92. The van der Waals surface area contributed by atoms with Gasteiger partial charge in [-0.1, -0.05) is 63.2 Å². The zero-order valence-corrected chi connectivity index (χ0v) is 19.8. The number of imidazole rings is 1. The maximum absolute atomic E-state index is 13.0. The number of hydrogen-bond donors (Lipinski definition) is 1. The third-order valence-electron chi connectivity index (χ3n) is 5.79. The molecule has 6 heteroatoms. The largest absolute Gasteiger partial charge is 0.331 e. The first-order chi connectivity index (χ1) is 15.1. The molecule has 0 atom stereocenters. The van der Waals surface area contributed by atoms with Crippen LogP contribution in [0.3, 0.4) is 0 Å². The third kappa shape index (κ3) is 4.55. The topological polar surface area (TPSA) is 64.0 Å². The summed E-state index contributed by atoms with van der Waals surface area (Å²) in [6.45, 7) is 6.32. The number of fused-ring (bicyclic) bond motifs is 1. The minimum absolute atomic E-state index is 0.0297. The average Bonchev–Trinajstić information content (AvgIpc) is 3.08. The fourth-order valence-corrected chi connectivity index (χ4v) is 4.94. The van der Waals surface area contributed by atoms with E-state index in [9.17, 15) is 8.42 Å². The summed E-state index contributed by atoms with van der Waals surface area (Å²) in [5.74, 6) is 0.974. The zero-order chi connectivity index (χ0) is 22.9. The van der Waals surface area contributed by atoms with Crippen LogP contribution in [0.4, 0.5) is 5.69 Å². The van der Waals surface area contributed by atoms with E-state index < -0.39 is 10.0 Å². The molecule has 0 unspecified atom stereocenters. The van der Waals surface area contributed by atoms with Gasteiger partial charge in [0.2, 0.25) is 0 Å². The van der Waals surface area contributed by atoms with Crippen LogP contribution < -0.4 is 4.72 Å². The van der Waals surface area contributed by atoms with Crippen LogP contribution in [0, 0.1) is 0 Å². The van der Waals surface area contributed by atoms with Gasteiger partial charge < -0.3 is 4.57 Å². The molecule has 0 aliphatic rings. The second-order valence-electron chi connectivity index (χ2n) is 9.11.